The van der Waals surface area contributed by atoms with E-state index >= 15 is 0 Å². The first-order valence-corrected chi connectivity index (χ1v) is 11.1. The van der Waals surface area contributed by atoms with Gasteiger partial charge >= 0.3 is 5.97 Å². The van der Waals surface area contributed by atoms with Crippen molar-refractivity contribution in [3.05, 3.63) is 82.2 Å². The van der Waals surface area contributed by atoms with Crippen molar-refractivity contribution < 1.29 is 19.1 Å². The molecular formula is C25H19ClN2O4S. The van der Waals surface area contributed by atoms with Crippen LogP contribution >= 0.6 is 22.9 Å². The van der Waals surface area contributed by atoms with Crippen LogP contribution < -0.4 is 14.8 Å². The van der Waals surface area contributed by atoms with Crippen molar-refractivity contribution in [2.24, 2.45) is 4.99 Å². The van der Waals surface area contributed by atoms with E-state index < -0.39 is 5.97 Å². The lowest BCUT2D eigenvalue weighted by Gasteiger charge is -2.09. The van der Waals surface area contributed by atoms with Crippen molar-refractivity contribution in [3.63, 3.8) is 0 Å². The third kappa shape index (κ3) is 5.22. The maximum absolute atomic E-state index is 12.8. The number of hydrogen-bond donors (Lipinski definition) is 1. The van der Waals surface area contributed by atoms with Crippen LogP contribution in [0.15, 0.2) is 71.7 Å². The minimum Gasteiger partial charge on any atom is -0.493 e. The molecule has 4 rings (SSSR count). The molecule has 0 radical (unpaired) electrons. The molecule has 8 heteroatoms. The average molecular weight is 479 g/mol. The Bertz CT molecular complexity index is 1360. The number of rotatable bonds is 6. The quantitative estimate of drug-likeness (QED) is 0.195. The van der Waals surface area contributed by atoms with Crippen LogP contribution in [0.1, 0.15) is 22.2 Å². The number of amides is 1. The third-order valence-electron chi connectivity index (χ3n) is 4.66. The number of esters is 1. The second-order valence-corrected chi connectivity index (χ2v) is 8.46. The molecule has 33 heavy (non-hydrogen) atoms. The van der Waals surface area contributed by atoms with Gasteiger partial charge in [0, 0.05) is 28.9 Å². The molecule has 1 amide bonds. The molecule has 0 bridgehead atoms. The van der Waals surface area contributed by atoms with Gasteiger partial charge in [-0.3, -0.25) is 9.79 Å². The second kappa shape index (κ2) is 9.85. The van der Waals surface area contributed by atoms with E-state index in [2.05, 4.69) is 10.3 Å². The highest BCUT2D eigenvalue weighted by Gasteiger charge is 2.20. The second-order valence-electron chi connectivity index (χ2n) is 7.03. The van der Waals surface area contributed by atoms with Gasteiger partial charge in [-0.1, -0.05) is 29.8 Å². The Balaban J connectivity index is 1.50. The number of nitrogens with zero attached hydrogens (tertiary/aromatic N) is 1. The van der Waals surface area contributed by atoms with Crippen molar-refractivity contribution in [2.45, 2.75) is 6.92 Å². The molecular weight excluding hydrogens is 460 g/mol. The van der Waals surface area contributed by atoms with Crippen molar-refractivity contribution >= 4 is 62.5 Å². The van der Waals surface area contributed by atoms with Gasteiger partial charge in [0.05, 0.1) is 17.8 Å². The highest BCUT2D eigenvalue weighted by molar-refractivity contribution is 7.21. The van der Waals surface area contributed by atoms with Gasteiger partial charge in [-0.15, -0.1) is 11.3 Å². The summed E-state index contributed by atoms with van der Waals surface area (Å²) in [5.41, 5.74) is 2.18. The number of fused-ring (bicyclic) bond motifs is 1. The van der Waals surface area contributed by atoms with Crippen LogP contribution in [0.25, 0.3) is 10.1 Å². The lowest BCUT2D eigenvalue weighted by molar-refractivity contribution is -0.114. The van der Waals surface area contributed by atoms with Crippen molar-refractivity contribution in [2.75, 3.05) is 12.4 Å². The summed E-state index contributed by atoms with van der Waals surface area (Å²) < 4.78 is 11.9. The Hall–Kier alpha value is -3.68. The van der Waals surface area contributed by atoms with Gasteiger partial charge in [-0.2, -0.15) is 0 Å². The van der Waals surface area contributed by atoms with Gasteiger partial charge < -0.3 is 14.8 Å². The molecule has 0 aliphatic rings. The Morgan fingerprint density at radius 3 is 2.48 bits per heavy atom. The molecule has 1 heterocycles. The molecule has 0 atom stereocenters. The SMILES string of the molecule is COc1cc(C=Nc2ccc(NC(C)=O)cc2)ccc1OC(=O)c1sc2ccccc2c1Cl. The fourth-order valence-corrected chi connectivity index (χ4v) is 4.51. The van der Waals surface area contributed by atoms with E-state index in [-0.39, 0.29) is 11.7 Å². The molecule has 4 aromatic rings. The minimum absolute atomic E-state index is 0.131. The number of carbonyl (C=O) groups is 2. The number of hydrogen-bond acceptors (Lipinski definition) is 6. The highest BCUT2D eigenvalue weighted by atomic mass is 35.5. The van der Waals surface area contributed by atoms with Crippen molar-refractivity contribution in [1.29, 1.82) is 0 Å². The van der Waals surface area contributed by atoms with Gasteiger partial charge in [-0.25, -0.2) is 4.79 Å². The zero-order valence-electron chi connectivity index (χ0n) is 17.8. The molecule has 0 saturated heterocycles. The molecule has 3 aromatic carbocycles. The van der Waals surface area contributed by atoms with Crippen LogP contribution in [0.5, 0.6) is 11.5 Å². The first-order valence-electron chi connectivity index (χ1n) is 9.93. The van der Waals surface area contributed by atoms with E-state index in [0.717, 1.165) is 21.3 Å². The zero-order chi connectivity index (χ0) is 23.4. The normalized spacial score (nSPS) is 11.0. The van der Waals surface area contributed by atoms with Crippen LogP contribution in [0.4, 0.5) is 11.4 Å². The van der Waals surface area contributed by atoms with E-state index in [1.165, 1.54) is 25.4 Å². The van der Waals surface area contributed by atoms with Crippen molar-refractivity contribution in [3.8, 4) is 11.5 Å². The minimum atomic E-state index is -0.542. The highest BCUT2D eigenvalue weighted by Crippen LogP contribution is 2.37. The van der Waals surface area contributed by atoms with E-state index in [1.807, 2.05) is 24.3 Å². The summed E-state index contributed by atoms with van der Waals surface area (Å²) in [5.74, 6) is 0.00677. The molecule has 0 fully saturated rings. The number of methoxy groups -OCH3 is 1. The topological polar surface area (TPSA) is 77.0 Å². The molecule has 0 spiro atoms. The summed E-state index contributed by atoms with van der Waals surface area (Å²) in [6.07, 6.45) is 1.67. The molecule has 166 valence electrons. The Morgan fingerprint density at radius 2 is 1.79 bits per heavy atom. The van der Waals surface area contributed by atoms with Crippen LogP contribution in [0.2, 0.25) is 5.02 Å². The largest absolute Gasteiger partial charge is 0.493 e. The molecule has 0 saturated carbocycles. The van der Waals surface area contributed by atoms with E-state index in [9.17, 15) is 9.59 Å². The summed E-state index contributed by atoms with van der Waals surface area (Å²) in [7, 11) is 1.50. The zero-order valence-corrected chi connectivity index (χ0v) is 19.4. The van der Waals surface area contributed by atoms with Crippen LogP contribution in [0, 0.1) is 0 Å². The molecule has 0 unspecified atom stereocenters. The predicted octanol–water partition coefficient (Wildman–Crippen LogP) is 6.49. The standard InChI is InChI=1S/C25H19ClN2O4S/c1-15(29)28-18-10-8-17(9-11-18)27-14-16-7-12-20(21(13-16)31-2)32-25(30)24-23(26)19-5-3-4-6-22(19)33-24/h3-14H,1-2H3,(H,28,29). The van der Waals surface area contributed by atoms with Gasteiger partial charge in [0.15, 0.2) is 11.5 Å². The van der Waals surface area contributed by atoms with Gasteiger partial charge in [0.2, 0.25) is 5.91 Å². The maximum Gasteiger partial charge on any atom is 0.355 e. The number of ether oxygens (including phenoxy) is 2. The molecule has 0 aliphatic heterocycles. The Kier molecular flexibility index (Phi) is 6.72. The number of carbonyl (C=O) groups excluding carboxylic acids is 2. The first kappa shape index (κ1) is 22.5. The average Bonchev–Trinajstić information content (AvgIpc) is 3.15. The number of benzene rings is 3. The summed E-state index contributed by atoms with van der Waals surface area (Å²) in [4.78, 5) is 28.6. The van der Waals surface area contributed by atoms with E-state index in [4.69, 9.17) is 21.1 Å². The monoisotopic (exact) mass is 478 g/mol. The fourth-order valence-electron chi connectivity index (χ4n) is 3.12. The number of thiophene rings is 1. The van der Waals surface area contributed by atoms with Crippen LogP contribution in [-0.4, -0.2) is 25.2 Å². The predicted molar refractivity (Wildman–Crippen MR) is 133 cm³/mol. The van der Waals surface area contributed by atoms with Crippen LogP contribution in [0.3, 0.4) is 0 Å². The number of aliphatic imine (C=N–C) groups is 1. The van der Waals surface area contributed by atoms with Crippen molar-refractivity contribution in [1.82, 2.24) is 0 Å². The van der Waals surface area contributed by atoms with Gasteiger partial charge in [0.1, 0.15) is 4.88 Å². The summed E-state index contributed by atoms with van der Waals surface area (Å²) in [6, 6.07) is 19.8. The van der Waals surface area contributed by atoms with E-state index in [0.29, 0.717) is 21.3 Å². The van der Waals surface area contributed by atoms with E-state index in [1.54, 1.807) is 48.7 Å². The number of anilines is 1. The first-order chi connectivity index (χ1) is 15.9. The molecule has 0 aliphatic carbocycles. The molecule has 1 aromatic heterocycles. The maximum atomic E-state index is 12.8. The Labute approximate surface area is 199 Å². The molecule has 1 N–H and O–H groups in total. The summed E-state index contributed by atoms with van der Waals surface area (Å²) >= 11 is 7.68. The van der Waals surface area contributed by atoms with Gasteiger partial charge in [-0.05, 0) is 54.1 Å². The third-order valence-corrected chi connectivity index (χ3v) is 6.32. The number of nitrogens with one attached hydrogen (secondary N) is 1. The number of halogens is 1. The van der Waals surface area contributed by atoms with Gasteiger partial charge in [0.25, 0.3) is 0 Å². The summed E-state index contributed by atoms with van der Waals surface area (Å²) in [5, 5.41) is 3.91. The lowest BCUT2D eigenvalue weighted by atomic mass is 10.2. The van der Waals surface area contributed by atoms with Crippen LogP contribution in [-0.2, 0) is 4.79 Å². The summed E-state index contributed by atoms with van der Waals surface area (Å²) in [6.45, 7) is 1.46. The fraction of sp³-hybridized carbons (Fsp3) is 0.0800. The smallest absolute Gasteiger partial charge is 0.355 e. The lowest BCUT2D eigenvalue weighted by Crippen LogP contribution is -2.08. The Morgan fingerprint density at radius 1 is 1.03 bits per heavy atom. The molecule has 6 nitrogen and oxygen atoms in total.